The SMILES string of the molecule is COc1ccccc1COCC(O)CN(CC(C)O)C1CCCCC1. The van der Waals surface area contributed by atoms with Gasteiger partial charge in [-0.05, 0) is 25.8 Å². The third kappa shape index (κ3) is 6.94. The fourth-order valence-electron chi connectivity index (χ4n) is 3.61. The summed E-state index contributed by atoms with van der Waals surface area (Å²) in [5.74, 6) is 0.801. The average molecular weight is 351 g/mol. The monoisotopic (exact) mass is 351 g/mol. The zero-order chi connectivity index (χ0) is 18.1. The first kappa shape index (κ1) is 20.2. The second kappa shape index (κ2) is 10.8. The lowest BCUT2D eigenvalue weighted by Crippen LogP contribution is -2.45. The van der Waals surface area contributed by atoms with E-state index in [1.165, 1.54) is 19.3 Å². The largest absolute Gasteiger partial charge is 0.496 e. The third-order valence-corrected chi connectivity index (χ3v) is 4.80. The van der Waals surface area contributed by atoms with Crippen LogP contribution in [0.3, 0.4) is 0 Å². The lowest BCUT2D eigenvalue weighted by Gasteiger charge is -2.36. The second-order valence-electron chi connectivity index (χ2n) is 7.08. The van der Waals surface area contributed by atoms with Gasteiger partial charge in [-0.1, -0.05) is 37.5 Å². The van der Waals surface area contributed by atoms with Gasteiger partial charge < -0.3 is 19.7 Å². The minimum absolute atomic E-state index is 0.279. The van der Waals surface area contributed by atoms with Crippen LogP contribution in [0.2, 0.25) is 0 Å². The second-order valence-corrected chi connectivity index (χ2v) is 7.08. The van der Waals surface area contributed by atoms with Crippen molar-refractivity contribution in [2.24, 2.45) is 0 Å². The molecule has 142 valence electrons. The van der Waals surface area contributed by atoms with Gasteiger partial charge >= 0.3 is 0 Å². The zero-order valence-electron chi connectivity index (χ0n) is 15.6. The molecule has 1 aliphatic carbocycles. The Morgan fingerprint density at radius 2 is 1.84 bits per heavy atom. The van der Waals surface area contributed by atoms with Gasteiger partial charge in [0.1, 0.15) is 5.75 Å². The minimum Gasteiger partial charge on any atom is -0.496 e. The van der Waals surface area contributed by atoms with Gasteiger partial charge in [0.2, 0.25) is 0 Å². The van der Waals surface area contributed by atoms with Gasteiger partial charge in [-0.2, -0.15) is 0 Å². The Morgan fingerprint density at radius 3 is 2.52 bits per heavy atom. The first-order valence-corrected chi connectivity index (χ1v) is 9.40. The Morgan fingerprint density at radius 1 is 1.12 bits per heavy atom. The van der Waals surface area contributed by atoms with Crippen LogP contribution in [-0.4, -0.2) is 60.2 Å². The van der Waals surface area contributed by atoms with Crippen molar-refractivity contribution >= 4 is 0 Å². The van der Waals surface area contributed by atoms with E-state index in [0.717, 1.165) is 24.2 Å². The van der Waals surface area contributed by atoms with Crippen LogP contribution in [-0.2, 0) is 11.3 Å². The van der Waals surface area contributed by atoms with Crippen molar-refractivity contribution < 1.29 is 19.7 Å². The highest BCUT2D eigenvalue weighted by atomic mass is 16.5. The van der Waals surface area contributed by atoms with Crippen LogP contribution < -0.4 is 4.74 Å². The van der Waals surface area contributed by atoms with Gasteiger partial charge in [0.25, 0.3) is 0 Å². The zero-order valence-corrected chi connectivity index (χ0v) is 15.6. The number of para-hydroxylation sites is 1. The predicted molar refractivity (Wildman–Crippen MR) is 98.8 cm³/mol. The van der Waals surface area contributed by atoms with Crippen molar-refractivity contribution in [1.29, 1.82) is 0 Å². The van der Waals surface area contributed by atoms with Crippen molar-refractivity contribution in [3.63, 3.8) is 0 Å². The molecule has 0 heterocycles. The number of hydrogen-bond acceptors (Lipinski definition) is 5. The quantitative estimate of drug-likeness (QED) is 0.678. The van der Waals surface area contributed by atoms with Gasteiger partial charge in [0.05, 0.1) is 32.5 Å². The lowest BCUT2D eigenvalue weighted by molar-refractivity contribution is -0.0111. The van der Waals surface area contributed by atoms with E-state index in [1.807, 2.05) is 24.3 Å². The highest BCUT2D eigenvalue weighted by Gasteiger charge is 2.24. The molecule has 0 radical (unpaired) electrons. The number of ether oxygens (including phenoxy) is 2. The van der Waals surface area contributed by atoms with Crippen LogP contribution in [0.25, 0.3) is 0 Å². The van der Waals surface area contributed by atoms with Crippen LogP contribution >= 0.6 is 0 Å². The maximum absolute atomic E-state index is 10.4. The maximum atomic E-state index is 10.4. The molecule has 2 rings (SSSR count). The van der Waals surface area contributed by atoms with E-state index in [4.69, 9.17) is 9.47 Å². The molecular formula is C20H33NO4. The summed E-state index contributed by atoms with van der Waals surface area (Å²) in [4.78, 5) is 2.24. The number of benzene rings is 1. The number of rotatable bonds is 10. The fraction of sp³-hybridized carbons (Fsp3) is 0.700. The summed E-state index contributed by atoms with van der Waals surface area (Å²) < 4.78 is 11.0. The topological polar surface area (TPSA) is 62.2 Å². The number of aliphatic hydroxyl groups excluding tert-OH is 2. The van der Waals surface area contributed by atoms with Crippen molar-refractivity contribution in [1.82, 2.24) is 4.90 Å². The number of methoxy groups -OCH3 is 1. The van der Waals surface area contributed by atoms with Gasteiger partial charge in [-0.25, -0.2) is 0 Å². The smallest absolute Gasteiger partial charge is 0.124 e. The molecule has 0 saturated heterocycles. The summed E-state index contributed by atoms with van der Waals surface area (Å²) >= 11 is 0. The Balaban J connectivity index is 1.80. The fourth-order valence-corrected chi connectivity index (χ4v) is 3.61. The van der Waals surface area contributed by atoms with Crippen molar-refractivity contribution in [2.75, 3.05) is 26.8 Å². The van der Waals surface area contributed by atoms with E-state index in [0.29, 0.717) is 25.7 Å². The Labute approximate surface area is 151 Å². The normalized spacial score (nSPS) is 18.3. The maximum Gasteiger partial charge on any atom is 0.124 e. The molecule has 0 bridgehead atoms. The summed E-state index contributed by atoms with van der Waals surface area (Å²) in [5, 5.41) is 20.2. The summed E-state index contributed by atoms with van der Waals surface area (Å²) in [7, 11) is 1.64. The molecule has 2 unspecified atom stereocenters. The van der Waals surface area contributed by atoms with E-state index in [9.17, 15) is 10.2 Å². The standard InChI is InChI=1S/C20H33NO4/c1-16(22)12-21(18-9-4-3-5-10-18)13-19(23)15-25-14-17-8-6-7-11-20(17)24-2/h6-8,11,16,18-19,22-23H,3-5,9-10,12-15H2,1-2H3. The van der Waals surface area contributed by atoms with Gasteiger partial charge in [-0.15, -0.1) is 0 Å². The average Bonchev–Trinajstić information content (AvgIpc) is 2.62. The molecule has 1 aromatic carbocycles. The first-order chi connectivity index (χ1) is 12.1. The predicted octanol–water partition coefficient (Wildman–Crippen LogP) is 2.59. The molecule has 0 aliphatic heterocycles. The molecule has 25 heavy (non-hydrogen) atoms. The molecule has 2 atom stereocenters. The van der Waals surface area contributed by atoms with Crippen LogP contribution in [0.5, 0.6) is 5.75 Å². The molecule has 5 heteroatoms. The molecule has 1 saturated carbocycles. The molecule has 1 fully saturated rings. The molecule has 2 N–H and O–H groups in total. The van der Waals surface area contributed by atoms with Crippen LogP contribution in [0.1, 0.15) is 44.6 Å². The van der Waals surface area contributed by atoms with Crippen molar-refractivity contribution in [3.8, 4) is 5.75 Å². The number of aliphatic hydroxyl groups is 2. The van der Waals surface area contributed by atoms with Crippen LogP contribution in [0.4, 0.5) is 0 Å². The highest BCUT2D eigenvalue weighted by Crippen LogP contribution is 2.23. The number of nitrogens with zero attached hydrogens (tertiary/aromatic N) is 1. The Hall–Kier alpha value is -1.14. The van der Waals surface area contributed by atoms with Gasteiger partial charge in [-0.3, -0.25) is 4.90 Å². The van der Waals surface area contributed by atoms with Gasteiger partial charge in [0.15, 0.2) is 0 Å². The molecule has 1 aromatic rings. The summed E-state index contributed by atoms with van der Waals surface area (Å²) in [6, 6.07) is 8.21. The molecule has 5 nitrogen and oxygen atoms in total. The van der Waals surface area contributed by atoms with Crippen molar-refractivity contribution in [2.45, 2.75) is 63.9 Å². The summed E-state index contributed by atoms with van der Waals surface area (Å²) in [6.07, 6.45) is 5.13. The van der Waals surface area contributed by atoms with E-state index in [1.54, 1.807) is 14.0 Å². The highest BCUT2D eigenvalue weighted by molar-refractivity contribution is 5.32. The van der Waals surface area contributed by atoms with E-state index < -0.39 is 6.10 Å². The van der Waals surface area contributed by atoms with Gasteiger partial charge in [0, 0.05) is 24.7 Å². The van der Waals surface area contributed by atoms with E-state index in [-0.39, 0.29) is 12.7 Å². The first-order valence-electron chi connectivity index (χ1n) is 9.40. The Bertz CT molecular complexity index is 488. The lowest BCUT2D eigenvalue weighted by atomic mass is 9.93. The van der Waals surface area contributed by atoms with Crippen LogP contribution in [0, 0.1) is 0 Å². The summed E-state index contributed by atoms with van der Waals surface area (Å²) in [6.45, 7) is 3.65. The minimum atomic E-state index is -0.560. The van der Waals surface area contributed by atoms with Crippen LogP contribution in [0.15, 0.2) is 24.3 Å². The molecular weight excluding hydrogens is 318 g/mol. The molecule has 0 amide bonds. The molecule has 1 aliphatic rings. The van der Waals surface area contributed by atoms with Crippen molar-refractivity contribution in [3.05, 3.63) is 29.8 Å². The Kier molecular flexibility index (Phi) is 8.68. The molecule has 0 spiro atoms. The van der Waals surface area contributed by atoms with E-state index in [2.05, 4.69) is 4.90 Å². The molecule has 0 aromatic heterocycles. The third-order valence-electron chi connectivity index (χ3n) is 4.80. The van der Waals surface area contributed by atoms with E-state index >= 15 is 0 Å². The summed E-state index contributed by atoms with van der Waals surface area (Å²) in [5.41, 5.74) is 0.977. The number of hydrogen-bond donors (Lipinski definition) is 2.